The molecule has 0 radical (unpaired) electrons. The summed E-state index contributed by atoms with van der Waals surface area (Å²) in [6, 6.07) is -0.0625. The van der Waals surface area contributed by atoms with E-state index in [-0.39, 0.29) is 11.9 Å². The van der Waals surface area contributed by atoms with Crippen molar-refractivity contribution < 1.29 is 9.53 Å². The van der Waals surface area contributed by atoms with Crippen molar-refractivity contribution in [2.24, 2.45) is 0 Å². The first-order valence-electron chi connectivity index (χ1n) is 4.34. The van der Waals surface area contributed by atoms with Crippen LogP contribution in [0.2, 0.25) is 0 Å². The van der Waals surface area contributed by atoms with Crippen LogP contribution in [-0.2, 0) is 9.53 Å². The Labute approximate surface area is 72.7 Å². The van der Waals surface area contributed by atoms with Gasteiger partial charge in [0, 0.05) is 20.3 Å². The van der Waals surface area contributed by atoms with E-state index >= 15 is 0 Å². The average Bonchev–Trinajstić information content (AvgIpc) is 2.27. The van der Waals surface area contributed by atoms with E-state index < -0.39 is 0 Å². The number of methoxy groups -OCH3 is 1. The van der Waals surface area contributed by atoms with E-state index in [1.54, 1.807) is 7.11 Å². The summed E-state index contributed by atoms with van der Waals surface area (Å²) in [4.78, 5) is 11.3. The quantitative estimate of drug-likeness (QED) is 0.603. The molecule has 1 unspecified atom stereocenters. The predicted molar refractivity (Wildman–Crippen MR) is 45.9 cm³/mol. The van der Waals surface area contributed by atoms with Gasteiger partial charge in [-0.25, -0.2) is 0 Å². The summed E-state index contributed by atoms with van der Waals surface area (Å²) in [6.07, 6.45) is 1.76. The molecule has 1 amide bonds. The highest BCUT2D eigenvalue weighted by atomic mass is 16.5. The van der Waals surface area contributed by atoms with Gasteiger partial charge in [0.05, 0.1) is 6.04 Å². The summed E-state index contributed by atoms with van der Waals surface area (Å²) in [5.41, 5.74) is 0. The first-order chi connectivity index (χ1) is 5.84. The lowest BCUT2D eigenvalue weighted by molar-refractivity contribution is -0.123. The van der Waals surface area contributed by atoms with Crippen LogP contribution in [0.3, 0.4) is 0 Å². The molecule has 1 fully saturated rings. The Morgan fingerprint density at radius 3 is 3.17 bits per heavy atom. The molecule has 1 heterocycles. The zero-order chi connectivity index (χ0) is 8.81. The van der Waals surface area contributed by atoms with Crippen LogP contribution in [0, 0.1) is 0 Å². The molecule has 1 atom stereocenters. The molecule has 70 valence electrons. The van der Waals surface area contributed by atoms with E-state index in [4.69, 9.17) is 4.74 Å². The molecule has 4 heteroatoms. The second-order valence-corrected chi connectivity index (χ2v) is 2.93. The Balaban J connectivity index is 2.31. The molecule has 1 aliphatic heterocycles. The maximum atomic E-state index is 11.3. The molecule has 0 spiro atoms. The summed E-state index contributed by atoms with van der Waals surface area (Å²) < 4.78 is 4.91. The SMILES string of the molecule is COCCC1NCCCNC1=O. The van der Waals surface area contributed by atoms with Gasteiger partial charge < -0.3 is 15.4 Å². The number of amides is 1. The number of nitrogens with one attached hydrogen (secondary N) is 2. The fraction of sp³-hybridized carbons (Fsp3) is 0.875. The standard InChI is InChI=1S/C8H16N2O2/c1-12-6-3-7-8(11)10-5-2-4-9-7/h7,9H,2-6H2,1H3,(H,10,11). The third kappa shape index (κ3) is 2.79. The molecule has 1 saturated heterocycles. The Bertz CT molecular complexity index is 150. The number of ether oxygens (including phenoxy) is 1. The van der Waals surface area contributed by atoms with Crippen LogP contribution in [-0.4, -0.2) is 38.8 Å². The van der Waals surface area contributed by atoms with Gasteiger partial charge in [0.2, 0.25) is 5.91 Å². The smallest absolute Gasteiger partial charge is 0.237 e. The number of rotatable bonds is 3. The summed E-state index contributed by atoms with van der Waals surface area (Å²) in [5, 5.41) is 6.02. The maximum Gasteiger partial charge on any atom is 0.237 e. The molecular weight excluding hydrogens is 156 g/mol. The van der Waals surface area contributed by atoms with Gasteiger partial charge in [0.25, 0.3) is 0 Å². The zero-order valence-corrected chi connectivity index (χ0v) is 7.43. The summed E-state index contributed by atoms with van der Waals surface area (Å²) in [7, 11) is 1.65. The topological polar surface area (TPSA) is 50.4 Å². The first-order valence-corrected chi connectivity index (χ1v) is 4.34. The Morgan fingerprint density at radius 1 is 1.58 bits per heavy atom. The van der Waals surface area contributed by atoms with Crippen molar-refractivity contribution in [1.82, 2.24) is 10.6 Å². The van der Waals surface area contributed by atoms with Crippen LogP contribution in [0.4, 0.5) is 0 Å². The van der Waals surface area contributed by atoms with Gasteiger partial charge in [-0.15, -0.1) is 0 Å². The molecule has 0 aromatic rings. The molecule has 12 heavy (non-hydrogen) atoms. The lowest BCUT2D eigenvalue weighted by atomic mass is 10.2. The van der Waals surface area contributed by atoms with E-state index in [0.29, 0.717) is 6.61 Å². The van der Waals surface area contributed by atoms with Crippen molar-refractivity contribution in [2.45, 2.75) is 18.9 Å². The fourth-order valence-corrected chi connectivity index (χ4v) is 1.26. The number of hydrogen-bond acceptors (Lipinski definition) is 3. The minimum atomic E-state index is -0.0625. The number of carbonyl (C=O) groups is 1. The van der Waals surface area contributed by atoms with Gasteiger partial charge in [0.15, 0.2) is 0 Å². The summed E-state index contributed by atoms with van der Waals surface area (Å²) in [5.74, 6) is 0.101. The van der Waals surface area contributed by atoms with Gasteiger partial charge in [-0.2, -0.15) is 0 Å². The maximum absolute atomic E-state index is 11.3. The molecule has 2 N–H and O–H groups in total. The monoisotopic (exact) mass is 172 g/mol. The van der Waals surface area contributed by atoms with Crippen molar-refractivity contribution in [1.29, 1.82) is 0 Å². The van der Waals surface area contributed by atoms with Gasteiger partial charge in [-0.3, -0.25) is 4.79 Å². The highest BCUT2D eigenvalue weighted by Crippen LogP contribution is 1.96. The van der Waals surface area contributed by atoms with E-state index in [1.807, 2.05) is 0 Å². The Kier molecular flexibility index (Phi) is 4.04. The molecule has 1 rings (SSSR count). The molecule has 0 aromatic heterocycles. The van der Waals surface area contributed by atoms with Crippen LogP contribution < -0.4 is 10.6 Å². The van der Waals surface area contributed by atoms with Gasteiger partial charge >= 0.3 is 0 Å². The molecule has 0 saturated carbocycles. The molecular formula is C8H16N2O2. The average molecular weight is 172 g/mol. The zero-order valence-electron chi connectivity index (χ0n) is 7.43. The van der Waals surface area contributed by atoms with Gasteiger partial charge in [-0.1, -0.05) is 0 Å². The van der Waals surface area contributed by atoms with Crippen molar-refractivity contribution in [2.75, 3.05) is 26.8 Å². The summed E-state index contributed by atoms with van der Waals surface area (Å²) >= 11 is 0. The van der Waals surface area contributed by atoms with Crippen LogP contribution in [0.25, 0.3) is 0 Å². The highest BCUT2D eigenvalue weighted by molar-refractivity contribution is 5.81. The third-order valence-corrected chi connectivity index (χ3v) is 1.97. The third-order valence-electron chi connectivity index (χ3n) is 1.97. The predicted octanol–water partition coefficient (Wildman–Crippen LogP) is -0.499. The highest BCUT2D eigenvalue weighted by Gasteiger charge is 2.18. The number of hydrogen-bond donors (Lipinski definition) is 2. The van der Waals surface area contributed by atoms with E-state index in [2.05, 4.69) is 10.6 Å². The lowest BCUT2D eigenvalue weighted by Gasteiger charge is -2.13. The van der Waals surface area contributed by atoms with Crippen LogP contribution in [0.1, 0.15) is 12.8 Å². The fourth-order valence-electron chi connectivity index (χ4n) is 1.26. The Hall–Kier alpha value is -0.610. The van der Waals surface area contributed by atoms with Crippen LogP contribution >= 0.6 is 0 Å². The van der Waals surface area contributed by atoms with Gasteiger partial charge in [0.1, 0.15) is 0 Å². The molecule has 0 aliphatic carbocycles. The van der Waals surface area contributed by atoms with Crippen molar-refractivity contribution in [3.05, 3.63) is 0 Å². The molecule has 0 aromatic carbocycles. The molecule has 4 nitrogen and oxygen atoms in total. The van der Waals surface area contributed by atoms with Crippen molar-refractivity contribution >= 4 is 5.91 Å². The second-order valence-electron chi connectivity index (χ2n) is 2.93. The molecule has 0 bridgehead atoms. The normalized spacial score (nSPS) is 24.8. The lowest BCUT2D eigenvalue weighted by Crippen LogP contribution is -2.41. The summed E-state index contributed by atoms with van der Waals surface area (Å²) in [6.45, 7) is 2.33. The molecule has 1 aliphatic rings. The van der Waals surface area contributed by atoms with E-state index in [1.165, 1.54) is 0 Å². The van der Waals surface area contributed by atoms with Crippen LogP contribution in [0.15, 0.2) is 0 Å². The van der Waals surface area contributed by atoms with Gasteiger partial charge in [-0.05, 0) is 19.4 Å². The van der Waals surface area contributed by atoms with E-state index in [9.17, 15) is 4.79 Å². The van der Waals surface area contributed by atoms with Crippen LogP contribution in [0.5, 0.6) is 0 Å². The number of carbonyl (C=O) groups excluding carboxylic acids is 1. The Morgan fingerprint density at radius 2 is 2.42 bits per heavy atom. The minimum Gasteiger partial charge on any atom is -0.385 e. The largest absolute Gasteiger partial charge is 0.385 e. The minimum absolute atomic E-state index is 0.0625. The first kappa shape index (κ1) is 9.48. The van der Waals surface area contributed by atoms with Crippen molar-refractivity contribution in [3.8, 4) is 0 Å². The second kappa shape index (κ2) is 5.11. The van der Waals surface area contributed by atoms with Crippen molar-refractivity contribution in [3.63, 3.8) is 0 Å². The van der Waals surface area contributed by atoms with E-state index in [0.717, 1.165) is 25.9 Å².